The molecule has 1 aromatic carbocycles. The van der Waals surface area contributed by atoms with Gasteiger partial charge in [-0.25, -0.2) is 0 Å². The first-order chi connectivity index (χ1) is 15.1. The molecule has 1 aliphatic carbocycles. The van der Waals surface area contributed by atoms with Gasteiger partial charge in [0, 0.05) is 19.0 Å². The molecule has 0 unspecified atom stereocenters. The Morgan fingerprint density at radius 1 is 1.28 bits per heavy atom. The number of piperidine rings is 1. The van der Waals surface area contributed by atoms with E-state index in [1.54, 1.807) is 4.90 Å². The number of nitrogens with zero attached hydrogens (tertiary/aromatic N) is 1. The van der Waals surface area contributed by atoms with E-state index in [2.05, 4.69) is 24.5 Å². The first-order valence-corrected chi connectivity index (χ1v) is 11.6. The van der Waals surface area contributed by atoms with Crippen molar-refractivity contribution in [3.8, 4) is 0 Å². The number of amides is 3. The van der Waals surface area contributed by atoms with E-state index in [9.17, 15) is 19.5 Å². The number of carbonyl (C=O) groups excluding carboxylic acids is 3. The minimum absolute atomic E-state index is 0.00965. The summed E-state index contributed by atoms with van der Waals surface area (Å²) in [6.45, 7) is 9.09. The molecule has 1 aromatic rings. The lowest BCUT2D eigenvalue weighted by Crippen LogP contribution is -2.56. The highest BCUT2D eigenvalue weighted by molar-refractivity contribution is 5.94. The molecule has 3 fully saturated rings. The molecule has 32 heavy (non-hydrogen) atoms. The summed E-state index contributed by atoms with van der Waals surface area (Å²) in [4.78, 5) is 40.8. The second kappa shape index (κ2) is 8.18. The maximum Gasteiger partial charge on any atom is 0.243 e. The Morgan fingerprint density at radius 2 is 1.97 bits per heavy atom. The zero-order valence-electron chi connectivity index (χ0n) is 19.4. The lowest BCUT2D eigenvalue weighted by molar-refractivity contribution is -0.144. The number of carbonyl (C=O) groups is 3. The molecule has 0 aromatic heterocycles. The number of aliphatic hydroxyl groups is 1. The summed E-state index contributed by atoms with van der Waals surface area (Å²) < 4.78 is 0. The van der Waals surface area contributed by atoms with E-state index >= 15 is 0 Å². The molecular formula is C25H35N3O4. The molecular weight excluding hydrogens is 406 g/mol. The molecule has 5 atom stereocenters. The van der Waals surface area contributed by atoms with E-state index in [0.717, 1.165) is 5.56 Å². The largest absolute Gasteiger partial charge is 0.394 e. The van der Waals surface area contributed by atoms with Crippen molar-refractivity contribution in [3.63, 3.8) is 0 Å². The average molecular weight is 442 g/mol. The second-order valence-corrected chi connectivity index (χ2v) is 10.7. The summed E-state index contributed by atoms with van der Waals surface area (Å²) in [5, 5.41) is 15.6. The number of hydrogen-bond donors (Lipinski definition) is 3. The Balaban J connectivity index is 1.52. The number of hydrogen-bond acceptors (Lipinski definition) is 4. The van der Waals surface area contributed by atoms with E-state index in [0.29, 0.717) is 31.8 Å². The number of aliphatic hydroxyl groups excluding tert-OH is 1. The van der Waals surface area contributed by atoms with Gasteiger partial charge in [-0.05, 0) is 49.5 Å². The lowest BCUT2D eigenvalue weighted by atomic mass is 9.82. The quantitative estimate of drug-likeness (QED) is 0.596. The van der Waals surface area contributed by atoms with Crippen molar-refractivity contribution in [2.45, 2.75) is 58.0 Å². The maximum atomic E-state index is 13.7. The molecule has 0 bridgehead atoms. The van der Waals surface area contributed by atoms with Crippen molar-refractivity contribution in [2.24, 2.45) is 23.2 Å². The van der Waals surface area contributed by atoms with Crippen LogP contribution < -0.4 is 10.6 Å². The van der Waals surface area contributed by atoms with Crippen LogP contribution in [-0.4, -0.2) is 59.5 Å². The monoisotopic (exact) mass is 441 g/mol. The van der Waals surface area contributed by atoms with Crippen LogP contribution in [0.25, 0.3) is 0 Å². The van der Waals surface area contributed by atoms with Crippen LogP contribution in [0.3, 0.4) is 0 Å². The van der Waals surface area contributed by atoms with Gasteiger partial charge in [0.2, 0.25) is 17.7 Å². The van der Waals surface area contributed by atoms with Gasteiger partial charge in [-0.3, -0.25) is 14.4 Å². The topological polar surface area (TPSA) is 98.7 Å². The Morgan fingerprint density at radius 3 is 2.56 bits per heavy atom. The number of benzene rings is 1. The van der Waals surface area contributed by atoms with Gasteiger partial charge < -0.3 is 20.6 Å². The Hall–Kier alpha value is -2.41. The fraction of sp³-hybridized carbons (Fsp3) is 0.640. The fourth-order valence-corrected chi connectivity index (χ4v) is 5.81. The predicted molar refractivity (Wildman–Crippen MR) is 120 cm³/mol. The third-order valence-corrected chi connectivity index (χ3v) is 8.07. The molecule has 1 saturated carbocycles. The van der Waals surface area contributed by atoms with Crippen molar-refractivity contribution in [1.29, 1.82) is 0 Å². The summed E-state index contributed by atoms with van der Waals surface area (Å²) >= 11 is 0. The zero-order valence-corrected chi connectivity index (χ0v) is 19.4. The lowest BCUT2D eigenvalue weighted by Gasteiger charge is -2.36. The van der Waals surface area contributed by atoms with E-state index in [1.165, 1.54) is 0 Å². The standard InChI is InChI=1S/C25H35N3O4/c1-24(2,16-8-6-5-7-9-16)23(32)28-13-18-19(25(18,3)4)20(28)22(31)27-17(14-29)12-15-10-11-26-21(15)30/h5-9,15,17-20,29H,10-14H2,1-4H3,(H,26,30)(H,27,31)/t15-,17-,18-,19-,20-/m0/s1. The second-order valence-electron chi connectivity index (χ2n) is 10.7. The molecule has 3 aliphatic rings. The average Bonchev–Trinajstić information content (AvgIpc) is 3.13. The predicted octanol–water partition coefficient (Wildman–Crippen LogP) is 1.45. The van der Waals surface area contributed by atoms with Crippen molar-refractivity contribution < 1.29 is 19.5 Å². The van der Waals surface area contributed by atoms with Gasteiger partial charge in [0.1, 0.15) is 6.04 Å². The van der Waals surface area contributed by atoms with Crippen molar-refractivity contribution in [1.82, 2.24) is 15.5 Å². The van der Waals surface area contributed by atoms with E-state index in [1.807, 2.05) is 44.2 Å². The maximum absolute atomic E-state index is 13.7. The molecule has 3 N–H and O–H groups in total. The van der Waals surface area contributed by atoms with Gasteiger partial charge >= 0.3 is 0 Å². The van der Waals surface area contributed by atoms with Crippen LogP contribution in [0.5, 0.6) is 0 Å². The molecule has 0 radical (unpaired) electrons. The molecule has 2 aliphatic heterocycles. The molecule has 174 valence electrons. The molecule has 0 spiro atoms. The number of likely N-dealkylation sites (tertiary alicyclic amines) is 1. The van der Waals surface area contributed by atoms with Gasteiger partial charge in [-0.2, -0.15) is 0 Å². The minimum Gasteiger partial charge on any atom is -0.394 e. The molecule has 2 heterocycles. The van der Waals surface area contributed by atoms with Crippen LogP contribution in [0.1, 0.15) is 46.1 Å². The smallest absolute Gasteiger partial charge is 0.243 e. The van der Waals surface area contributed by atoms with Crippen LogP contribution in [-0.2, 0) is 19.8 Å². The van der Waals surface area contributed by atoms with Crippen molar-refractivity contribution in [2.75, 3.05) is 19.7 Å². The van der Waals surface area contributed by atoms with Gasteiger partial charge in [0.05, 0.1) is 18.1 Å². The van der Waals surface area contributed by atoms with Crippen molar-refractivity contribution >= 4 is 17.7 Å². The molecule has 2 saturated heterocycles. The summed E-state index contributed by atoms with van der Waals surface area (Å²) in [7, 11) is 0. The Kier molecular flexibility index (Phi) is 5.82. The number of rotatable bonds is 7. The fourth-order valence-electron chi connectivity index (χ4n) is 5.81. The Labute approximate surface area is 189 Å². The van der Waals surface area contributed by atoms with Gasteiger partial charge in [0.25, 0.3) is 0 Å². The van der Waals surface area contributed by atoms with E-state index < -0.39 is 17.5 Å². The number of fused-ring (bicyclic) bond motifs is 1. The summed E-state index contributed by atoms with van der Waals surface area (Å²) in [5.41, 5.74) is 0.179. The van der Waals surface area contributed by atoms with E-state index in [-0.39, 0.29) is 41.6 Å². The summed E-state index contributed by atoms with van der Waals surface area (Å²) in [6, 6.07) is 8.60. The third-order valence-electron chi connectivity index (χ3n) is 8.07. The van der Waals surface area contributed by atoms with Gasteiger partial charge in [0.15, 0.2) is 0 Å². The highest BCUT2D eigenvalue weighted by Gasteiger charge is 2.69. The van der Waals surface area contributed by atoms with Crippen molar-refractivity contribution in [3.05, 3.63) is 35.9 Å². The first kappa shape index (κ1) is 22.8. The van der Waals surface area contributed by atoms with Crippen LogP contribution in [0.4, 0.5) is 0 Å². The first-order valence-electron chi connectivity index (χ1n) is 11.6. The zero-order chi connectivity index (χ0) is 23.3. The van der Waals surface area contributed by atoms with E-state index in [4.69, 9.17) is 0 Å². The minimum atomic E-state index is -0.751. The van der Waals surface area contributed by atoms with Crippen LogP contribution in [0.2, 0.25) is 0 Å². The Bertz CT molecular complexity index is 898. The highest BCUT2D eigenvalue weighted by Crippen LogP contribution is 2.65. The van der Waals surface area contributed by atoms with Crippen LogP contribution in [0, 0.1) is 23.2 Å². The molecule has 3 amide bonds. The molecule has 7 heteroatoms. The highest BCUT2D eigenvalue weighted by atomic mass is 16.3. The molecule has 7 nitrogen and oxygen atoms in total. The van der Waals surface area contributed by atoms with Gasteiger partial charge in [-0.15, -0.1) is 0 Å². The third kappa shape index (κ3) is 3.81. The summed E-state index contributed by atoms with van der Waals surface area (Å²) in [6.07, 6.45) is 1.12. The normalized spacial score (nSPS) is 29.3. The van der Waals surface area contributed by atoms with Gasteiger partial charge in [-0.1, -0.05) is 44.2 Å². The SMILES string of the molecule is CC(C)(C(=O)N1C[C@H]2[C@@H]([C@H]1C(=O)N[C@H](CO)C[C@@H]1CCNC1=O)C2(C)C)c1ccccc1. The molecule has 4 rings (SSSR count). The van der Waals surface area contributed by atoms with Crippen LogP contribution >= 0.6 is 0 Å². The summed E-state index contributed by atoms with van der Waals surface area (Å²) in [5.74, 6) is -0.103. The van der Waals surface area contributed by atoms with Crippen LogP contribution in [0.15, 0.2) is 30.3 Å². The number of nitrogens with one attached hydrogen (secondary N) is 2.